The predicted octanol–water partition coefficient (Wildman–Crippen LogP) is -4.24. The second kappa shape index (κ2) is 15.7. The van der Waals surface area contributed by atoms with E-state index in [4.69, 9.17) is 9.90 Å². The molecule has 0 unspecified atom stereocenters. The summed E-state index contributed by atoms with van der Waals surface area (Å²) in [6.45, 7) is 0.972. The van der Waals surface area contributed by atoms with Gasteiger partial charge in [0.2, 0.25) is 0 Å². The van der Waals surface area contributed by atoms with Gasteiger partial charge >= 0.3 is 34.1 Å². The molecule has 0 aromatic heterocycles. The van der Waals surface area contributed by atoms with Crippen molar-refractivity contribution in [2.24, 2.45) is 0 Å². The molecule has 0 fully saturated rings. The van der Waals surface area contributed by atoms with Crippen LogP contribution in [0.1, 0.15) is 6.92 Å². The molecule has 7 heavy (non-hydrogen) atoms. The Kier molecular flexibility index (Phi) is 53.8. The third-order valence-corrected chi connectivity index (χ3v) is 0. The van der Waals surface area contributed by atoms with Crippen molar-refractivity contribution in [3.05, 3.63) is 0 Å². The zero-order chi connectivity index (χ0) is 3.58. The quantitative estimate of drug-likeness (QED) is 0.336. The van der Waals surface area contributed by atoms with Crippen molar-refractivity contribution in [1.29, 1.82) is 0 Å². The molecule has 0 aliphatic heterocycles. The van der Waals surface area contributed by atoms with Crippen LogP contribution in [-0.2, 0) is 38.9 Å². The summed E-state index contributed by atoms with van der Waals surface area (Å²) in [5.41, 5.74) is 0. The van der Waals surface area contributed by atoms with Gasteiger partial charge in [-0.25, -0.2) is 0 Å². The molecule has 0 atom stereocenters. The number of hydrogen-bond acceptors (Lipinski definition) is 2. The van der Waals surface area contributed by atoms with E-state index in [9.17, 15) is 0 Å². The van der Waals surface area contributed by atoms with E-state index in [2.05, 4.69) is 0 Å². The van der Waals surface area contributed by atoms with Gasteiger partial charge in [0.1, 0.15) is 0 Å². The molecule has 52 valence electrons. The summed E-state index contributed by atoms with van der Waals surface area (Å²) >= 11 is 0. The van der Waals surface area contributed by atoms with Crippen LogP contribution < -0.4 is 29.1 Å². The number of carbonyl (C=O) groups excluding carboxylic acids is 1. The summed E-state index contributed by atoms with van der Waals surface area (Å²) in [4.78, 5) is 8.89. The summed E-state index contributed by atoms with van der Waals surface area (Å²) in [5.74, 6) is -1.08. The van der Waals surface area contributed by atoms with Gasteiger partial charge in [0.15, 0.2) is 0 Å². The van der Waals surface area contributed by atoms with Gasteiger partial charge in [0, 0.05) is 5.97 Å². The van der Waals surface area contributed by atoms with Crippen molar-refractivity contribution >= 4 is 5.97 Å². The normalized spacial score (nSPS) is 3.57. The monoisotopic (exact) mass is 312 g/mol. The fraction of sp³-hybridized carbons (Fsp3) is 0.500. The third kappa shape index (κ3) is 129. The number of aliphatic carboxylic acids is 1. The molecule has 0 bridgehead atoms. The van der Waals surface area contributed by atoms with E-state index in [1.165, 1.54) is 0 Å². The molecule has 0 amide bonds. The summed E-state index contributed by atoms with van der Waals surface area (Å²) < 4.78 is 0. The van der Waals surface area contributed by atoms with Crippen LogP contribution >= 0.6 is 0 Å². The predicted molar refractivity (Wildman–Crippen MR) is 10.7 cm³/mol. The molecular formula is C2H3Cu2IO2. The second-order valence-corrected chi connectivity index (χ2v) is 0.492. The van der Waals surface area contributed by atoms with Crippen LogP contribution in [0.5, 0.6) is 0 Å². The molecule has 0 aromatic rings. The van der Waals surface area contributed by atoms with Gasteiger partial charge in [0.05, 0.1) is 0 Å². The molecule has 0 radical (unpaired) electrons. The molecule has 2 nitrogen and oxygen atoms in total. The smallest absolute Gasteiger partial charge is 1.00 e. The number of halogens is 1. The molecule has 0 aliphatic carbocycles. The minimum atomic E-state index is -1.08. The maximum absolute atomic E-state index is 8.89. The minimum Gasteiger partial charge on any atom is -1.00 e. The molecule has 0 N–H and O–H groups in total. The first-order valence-corrected chi connectivity index (χ1v) is 0.908. The van der Waals surface area contributed by atoms with Crippen LogP contribution in [-0.4, -0.2) is 5.97 Å². The van der Waals surface area contributed by atoms with E-state index >= 15 is 0 Å². The number of carboxylic acids is 1. The van der Waals surface area contributed by atoms with Crippen molar-refractivity contribution in [3.8, 4) is 0 Å². The van der Waals surface area contributed by atoms with Crippen LogP contribution in [0.3, 0.4) is 0 Å². The van der Waals surface area contributed by atoms with Crippen LogP contribution in [0, 0.1) is 0 Å². The topological polar surface area (TPSA) is 40.1 Å². The first-order chi connectivity index (χ1) is 1.73. The molecule has 5 heteroatoms. The van der Waals surface area contributed by atoms with Gasteiger partial charge < -0.3 is 33.9 Å². The van der Waals surface area contributed by atoms with E-state index in [0.29, 0.717) is 0 Å². The van der Waals surface area contributed by atoms with Crippen molar-refractivity contribution in [3.63, 3.8) is 0 Å². The Balaban J connectivity index is -0.0000000150. The van der Waals surface area contributed by atoms with E-state index in [1.54, 1.807) is 0 Å². The van der Waals surface area contributed by atoms with Gasteiger partial charge in [-0.05, 0) is 6.92 Å². The Labute approximate surface area is 80.4 Å². The molecule has 0 spiro atoms. The fourth-order valence-electron chi connectivity index (χ4n) is 0. The third-order valence-electron chi connectivity index (χ3n) is 0. The van der Waals surface area contributed by atoms with E-state index in [0.717, 1.165) is 6.92 Å². The SMILES string of the molecule is CC(=O)[O-].[Cu+].[Cu+].[I-]. The molecule has 0 aliphatic rings. The molecule has 0 rings (SSSR count). The van der Waals surface area contributed by atoms with Crippen LogP contribution in [0.15, 0.2) is 0 Å². The maximum Gasteiger partial charge on any atom is 1.00 e. The average Bonchev–Trinajstić information content (AvgIpc) is 0.811. The largest absolute Gasteiger partial charge is 1.00 e. The van der Waals surface area contributed by atoms with E-state index < -0.39 is 5.97 Å². The van der Waals surface area contributed by atoms with E-state index in [1.807, 2.05) is 0 Å². The van der Waals surface area contributed by atoms with Crippen LogP contribution in [0.2, 0.25) is 0 Å². The van der Waals surface area contributed by atoms with Crippen LogP contribution in [0.25, 0.3) is 0 Å². The van der Waals surface area contributed by atoms with Crippen molar-refractivity contribution in [1.82, 2.24) is 0 Å². The summed E-state index contributed by atoms with van der Waals surface area (Å²) in [5, 5.41) is 8.89. The number of carboxylic acid groups (broad SMARTS) is 1. The van der Waals surface area contributed by atoms with Crippen molar-refractivity contribution in [2.45, 2.75) is 6.92 Å². The van der Waals surface area contributed by atoms with Crippen molar-refractivity contribution in [2.75, 3.05) is 0 Å². The van der Waals surface area contributed by atoms with Gasteiger partial charge in [0.25, 0.3) is 0 Å². The summed E-state index contributed by atoms with van der Waals surface area (Å²) in [6, 6.07) is 0. The number of hydrogen-bond donors (Lipinski definition) is 0. The first-order valence-electron chi connectivity index (χ1n) is 0.908. The molecule has 0 saturated heterocycles. The Bertz CT molecular complexity index is 36.7. The first kappa shape index (κ1) is 24.0. The molecular weight excluding hydrogens is 310 g/mol. The Morgan fingerprint density at radius 3 is 1.43 bits per heavy atom. The molecule has 0 aromatic carbocycles. The summed E-state index contributed by atoms with van der Waals surface area (Å²) in [6.07, 6.45) is 0. The maximum atomic E-state index is 8.89. The Morgan fingerprint density at radius 1 is 1.43 bits per heavy atom. The van der Waals surface area contributed by atoms with Gasteiger partial charge in [-0.2, -0.15) is 0 Å². The average molecular weight is 313 g/mol. The Hall–Kier alpha value is 1.24. The van der Waals surface area contributed by atoms with Crippen molar-refractivity contribution < 1.29 is 68.0 Å². The Morgan fingerprint density at radius 2 is 1.43 bits per heavy atom. The standard InChI is InChI=1S/C2H4O2.2Cu.HI/c1-2(3)4;;;/h1H3,(H,3,4);;;1H/q;2*+1;/p-2. The zero-order valence-electron chi connectivity index (χ0n) is 3.30. The van der Waals surface area contributed by atoms with E-state index in [-0.39, 0.29) is 58.1 Å². The zero-order valence-corrected chi connectivity index (χ0v) is 7.34. The molecule has 0 saturated carbocycles. The summed E-state index contributed by atoms with van der Waals surface area (Å²) in [7, 11) is 0. The second-order valence-electron chi connectivity index (χ2n) is 0.492. The number of rotatable bonds is 0. The molecule has 0 heterocycles. The minimum absolute atomic E-state index is 0. The van der Waals surface area contributed by atoms with Gasteiger partial charge in [-0.15, -0.1) is 0 Å². The van der Waals surface area contributed by atoms with Gasteiger partial charge in [-0.3, -0.25) is 0 Å². The van der Waals surface area contributed by atoms with Crippen LogP contribution in [0.4, 0.5) is 0 Å². The van der Waals surface area contributed by atoms with Gasteiger partial charge in [-0.1, -0.05) is 0 Å². The number of carbonyl (C=O) groups is 1. The fourth-order valence-corrected chi connectivity index (χ4v) is 0.